The van der Waals surface area contributed by atoms with E-state index in [0.29, 0.717) is 0 Å². The molecule has 0 amide bonds. The second-order valence-electron chi connectivity index (χ2n) is 4.39. The summed E-state index contributed by atoms with van der Waals surface area (Å²) in [6.07, 6.45) is 0.931. The lowest BCUT2D eigenvalue weighted by atomic mass is 9.86. The highest BCUT2D eigenvalue weighted by atomic mass is 16.9. The van der Waals surface area contributed by atoms with Crippen LogP contribution in [0.5, 0.6) is 0 Å². The zero-order valence-electron chi connectivity index (χ0n) is 8.16. The van der Waals surface area contributed by atoms with E-state index in [0.717, 1.165) is 6.42 Å². The Bertz CT molecular complexity index is 151. The van der Waals surface area contributed by atoms with Crippen molar-refractivity contribution in [1.29, 1.82) is 0 Å². The second-order valence-corrected chi connectivity index (χ2v) is 4.39. The van der Waals surface area contributed by atoms with Crippen LogP contribution in [0.3, 0.4) is 0 Å². The summed E-state index contributed by atoms with van der Waals surface area (Å²) in [5.74, 6) is 0.232. The minimum Gasteiger partial charge on any atom is -0.314 e. The van der Waals surface area contributed by atoms with E-state index in [1.807, 2.05) is 6.92 Å². The molecule has 0 aliphatic rings. The van der Waals surface area contributed by atoms with Crippen LogP contribution in [-0.4, -0.2) is 11.7 Å². The molecule has 0 heterocycles. The molecule has 4 heteroatoms. The van der Waals surface area contributed by atoms with E-state index in [-0.39, 0.29) is 17.9 Å². The van der Waals surface area contributed by atoms with Crippen molar-refractivity contribution in [2.75, 3.05) is 6.61 Å². The van der Waals surface area contributed by atoms with E-state index in [1.165, 1.54) is 0 Å². The Kier molecular flexibility index (Phi) is 4.00. The highest BCUT2D eigenvalue weighted by Gasteiger charge is 2.15. The summed E-state index contributed by atoms with van der Waals surface area (Å²) in [5, 5.41) is 9.12. The monoisotopic (exact) mass is 175 g/mol. The molecule has 0 bridgehead atoms. The van der Waals surface area contributed by atoms with Crippen molar-refractivity contribution in [2.24, 2.45) is 11.3 Å². The fraction of sp³-hybridized carbons (Fsp3) is 1.00. The van der Waals surface area contributed by atoms with E-state index in [4.69, 9.17) is 0 Å². The van der Waals surface area contributed by atoms with E-state index in [2.05, 4.69) is 25.6 Å². The van der Waals surface area contributed by atoms with E-state index in [1.54, 1.807) is 0 Å². The first-order chi connectivity index (χ1) is 5.31. The van der Waals surface area contributed by atoms with Gasteiger partial charge in [-0.05, 0) is 17.8 Å². The van der Waals surface area contributed by atoms with Gasteiger partial charge in [-0.3, -0.25) is 0 Å². The van der Waals surface area contributed by atoms with Crippen molar-refractivity contribution >= 4 is 0 Å². The number of hydrogen-bond acceptors (Lipinski definition) is 3. The van der Waals surface area contributed by atoms with Crippen LogP contribution < -0.4 is 0 Å². The Labute approximate surface area is 73.0 Å². The molecule has 0 aromatic heterocycles. The second kappa shape index (κ2) is 4.28. The topological polar surface area (TPSA) is 52.4 Å². The summed E-state index contributed by atoms with van der Waals surface area (Å²) < 4.78 is 0. The molecule has 0 fully saturated rings. The largest absolute Gasteiger partial charge is 0.314 e. The van der Waals surface area contributed by atoms with Gasteiger partial charge >= 0.3 is 0 Å². The van der Waals surface area contributed by atoms with Crippen LogP contribution in [-0.2, 0) is 4.84 Å². The lowest BCUT2D eigenvalue weighted by Crippen LogP contribution is -2.17. The molecule has 4 nitrogen and oxygen atoms in total. The fourth-order valence-corrected chi connectivity index (χ4v) is 1.29. The van der Waals surface area contributed by atoms with Crippen LogP contribution in [0.2, 0.25) is 0 Å². The summed E-state index contributed by atoms with van der Waals surface area (Å²) in [5.41, 5.74) is 0.208. The summed E-state index contributed by atoms with van der Waals surface area (Å²) >= 11 is 0. The van der Waals surface area contributed by atoms with Crippen LogP contribution in [0.4, 0.5) is 0 Å². The van der Waals surface area contributed by atoms with Gasteiger partial charge in [0, 0.05) is 0 Å². The maximum Gasteiger partial charge on any atom is 0.294 e. The molecule has 0 aromatic rings. The summed E-state index contributed by atoms with van der Waals surface area (Å²) in [7, 11) is 0. The quantitative estimate of drug-likeness (QED) is 0.486. The maximum atomic E-state index is 9.85. The first kappa shape index (κ1) is 11.2. The molecule has 1 atom stereocenters. The average molecular weight is 175 g/mol. The van der Waals surface area contributed by atoms with Gasteiger partial charge in [-0.2, -0.15) is 0 Å². The molecule has 0 aliphatic carbocycles. The van der Waals surface area contributed by atoms with Gasteiger partial charge in [0.1, 0.15) is 0 Å². The molecule has 0 N–H and O–H groups in total. The first-order valence-electron chi connectivity index (χ1n) is 4.08. The third-order valence-electron chi connectivity index (χ3n) is 1.43. The third-order valence-corrected chi connectivity index (χ3v) is 1.43. The zero-order valence-corrected chi connectivity index (χ0v) is 8.16. The Morgan fingerprint density at radius 3 is 2.33 bits per heavy atom. The van der Waals surface area contributed by atoms with Crippen molar-refractivity contribution in [3.63, 3.8) is 0 Å². The van der Waals surface area contributed by atoms with Gasteiger partial charge in [-0.1, -0.05) is 27.7 Å². The molecule has 0 rings (SSSR count). The molecule has 0 spiro atoms. The molecule has 0 radical (unpaired) electrons. The molecule has 0 saturated carbocycles. The number of hydrogen-bond donors (Lipinski definition) is 0. The van der Waals surface area contributed by atoms with Crippen LogP contribution in [0, 0.1) is 21.4 Å². The Morgan fingerprint density at radius 2 is 2.00 bits per heavy atom. The first-order valence-corrected chi connectivity index (χ1v) is 4.08. The molecular formula is C8H17NO3. The number of nitrogens with zero attached hydrogens (tertiary/aromatic N) is 1. The number of rotatable bonds is 4. The predicted molar refractivity (Wildman–Crippen MR) is 46.2 cm³/mol. The van der Waals surface area contributed by atoms with Crippen molar-refractivity contribution in [3.8, 4) is 0 Å². The minimum atomic E-state index is -0.737. The van der Waals surface area contributed by atoms with Crippen LogP contribution in [0.15, 0.2) is 0 Å². The van der Waals surface area contributed by atoms with Gasteiger partial charge in [-0.15, -0.1) is 10.1 Å². The third kappa shape index (κ3) is 7.31. The van der Waals surface area contributed by atoms with Crippen molar-refractivity contribution < 1.29 is 9.92 Å². The van der Waals surface area contributed by atoms with Crippen LogP contribution in [0.25, 0.3) is 0 Å². The molecule has 0 saturated heterocycles. The van der Waals surface area contributed by atoms with Gasteiger partial charge in [0.15, 0.2) is 0 Å². The van der Waals surface area contributed by atoms with E-state index in [9.17, 15) is 10.1 Å². The predicted octanol–water partition coefficient (Wildman–Crippen LogP) is 2.27. The Hall–Kier alpha value is -0.800. The molecule has 1 unspecified atom stereocenters. The van der Waals surface area contributed by atoms with Gasteiger partial charge in [0.05, 0.1) is 6.61 Å². The molecule has 0 aromatic carbocycles. The van der Waals surface area contributed by atoms with Crippen molar-refractivity contribution in [1.82, 2.24) is 0 Å². The highest BCUT2D eigenvalue weighted by Crippen LogP contribution is 2.23. The molecular weight excluding hydrogens is 158 g/mol. The summed E-state index contributed by atoms with van der Waals surface area (Å²) in [6.45, 7) is 8.47. The summed E-state index contributed by atoms with van der Waals surface area (Å²) in [6, 6.07) is 0. The van der Waals surface area contributed by atoms with E-state index < -0.39 is 5.09 Å². The summed E-state index contributed by atoms with van der Waals surface area (Å²) in [4.78, 5) is 14.1. The maximum absolute atomic E-state index is 9.85. The van der Waals surface area contributed by atoms with Crippen molar-refractivity contribution in [2.45, 2.75) is 34.1 Å². The standard InChI is InChI=1S/C8H17NO3/c1-7(5-8(2,3)4)6-12-9(10)11/h7H,5-6H2,1-4H3. The SMILES string of the molecule is CC(CO[N+](=O)[O-])CC(C)(C)C. The van der Waals surface area contributed by atoms with Gasteiger partial charge < -0.3 is 4.84 Å². The van der Waals surface area contributed by atoms with Gasteiger partial charge in [0.2, 0.25) is 0 Å². The smallest absolute Gasteiger partial charge is 0.294 e. The molecule has 72 valence electrons. The van der Waals surface area contributed by atoms with Crippen molar-refractivity contribution in [3.05, 3.63) is 10.1 Å². The zero-order chi connectivity index (χ0) is 9.78. The van der Waals surface area contributed by atoms with E-state index >= 15 is 0 Å². The molecule has 0 aliphatic heterocycles. The normalized spacial score (nSPS) is 14.0. The lowest BCUT2D eigenvalue weighted by molar-refractivity contribution is -0.759. The Morgan fingerprint density at radius 1 is 1.50 bits per heavy atom. The highest BCUT2D eigenvalue weighted by molar-refractivity contribution is 4.65. The minimum absolute atomic E-state index is 0.199. The van der Waals surface area contributed by atoms with Gasteiger partial charge in [-0.25, -0.2) is 0 Å². The Balaban J connectivity index is 3.60. The van der Waals surface area contributed by atoms with Gasteiger partial charge in [0.25, 0.3) is 5.09 Å². The average Bonchev–Trinajstić information content (AvgIpc) is 1.79. The van der Waals surface area contributed by atoms with Crippen LogP contribution >= 0.6 is 0 Å². The fourth-order valence-electron chi connectivity index (χ4n) is 1.29. The molecule has 12 heavy (non-hydrogen) atoms. The lowest BCUT2D eigenvalue weighted by Gasteiger charge is -2.22. The van der Waals surface area contributed by atoms with Crippen LogP contribution in [0.1, 0.15) is 34.1 Å².